The molecule has 0 atom stereocenters. The van der Waals surface area contributed by atoms with Crippen LogP contribution in [0.5, 0.6) is 0 Å². The molecule has 0 unspecified atom stereocenters. The molecule has 1 aromatic carbocycles. The minimum atomic E-state index is -0.481. The number of carbonyl (C=O) groups is 1. The predicted molar refractivity (Wildman–Crippen MR) is 66.2 cm³/mol. The summed E-state index contributed by atoms with van der Waals surface area (Å²) in [5.74, 6) is 0. The summed E-state index contributed by atoms with van der Waals surface area (Å²) in [4.78, 5) is 11.5. The van der Waals surface area contributed by atoms with E-state index >= 15 is 0 Å². The molecule has 4 heteroatoms. The van der Waals surface area contributed by atoms with Crippen LogP contribution >= 0.6 is 0 Å². The maximum atomic E-state index is 11.5. The van der Waals surface area contributed by atoms with Crippen molar-refractivity contribution in [2.45, 2.75) is 39.5 Å². The fourth-order valence-electron chi connectivity index (χ4n) is 1.34. The van der Waals surface area contributed by atoms with Gasteiger partial charge in [0.1, 0.15) is 5.60 Å². The Morgan fingerprint density at radius 2 is 2.18 bits per heavy atom. The summed E-state index contributed by atoms with van der Waals surface area (Å²) in [6, 6.07) is 8.47. The van der Waals surface area contributed by atoms with Crippen LogP contribution < -0.4 is 11.1 Å². The van der Waals surface area contributed by atoms with E-state index in [1.165, 1.54) is 0 Å². The maximum absolute atomic E-state index is 11.5. The molecular formula is C13H19N2O2. The van der Waals surface area contributed by atoms with E-state index in [1.54, 1.807) is 6.07 Å². The van der Waals surface area contributed by atoms with E-state index in [0.29, 0.717) is 13.1 Å². The van der Waals surface area contributed by atoms with Gasteiger partial charge in [-0.2, -0.15) is 0 Å². The molecular weight excluding hydrogens is 216 g/mol. The number of hydrogen-bond acceptors (Lipinski definition) is 3. The van der Waals surface area contributed by atoms with Crippen LogP contribution in [0.15, 0.2) is 18.2 Å². The van der Waals surface area contributed by atoms with Crippen molar-refractivity contribution in [1.82, 2.24) is 5.32 Å². The van der Waals surface area contributed by atoms with Gasteiger partial charge in [-0.3, -0.25) is 0 Å². The second-order valence-corrected chi connectivity index (χ2v) is 4.75. The summed E-state index contributed by atoms with van der Waals surface area (Å²) in [6.45, 7) is 6.33. The fraction of sp³-hybridized carbons (Fsp3) is 0.462. The fourth-order valence-corrected chi connectivity index (χ4v) is 1.34. The van der Waals surface area contributed by atoms with Crippen molar-refractivity contribution in [1.29, 1.82) is 0 Å². The van der Waals surface area contributed by atoms with Gasteiger partial charge in [-0.15, -0.1) is 0 Å². The highest BCUT2D eigenvalue weighted by molar-refractivity contribution is 5.67. The first-order valence-corrected chi connectivity index (χ1v) is 5.57. The van der Waals surface area contributed by atoms with Crippen molar-refractivity contribution >= 4 is 6.09 Å². The molecule has 1 rings (SSSR count). The van der Waals surface area contributed by atoms with E-state index < -0.39 is 11.7 Å². The molecule has 17 heavy (non-hydrogen) atoms. The average Bonchev–Trinajstić information content (AvgIpc) is 2.24. The number of benzene rings is 1. The Bertz CT molecular complexity index is 383. The summed E-state index contributed by atoms with van der Waals surface area (Å²) in [5.41, 5.74) is 7.07. The lowest BCUT2D eigenvalue weighted by Crippen LogP contribution is -2.32. The molecule has 0 heterocycles. The van der Waals surface area contributed by atoms with Crippen LogP contribution in [0.3, 0.4) is 0 Å². The number of alkyl carbamates (subject to hydrolysis) is 1. The molecule has 93 valence electrons. The lowest BCUT2D eigenvalue weighted by Gasteiger charge is -2.20. The molecule has 0 aliphatic heterocycles. The minimum absolute atomic E-state index is 0.413. The first kappa shape index (κ1) is 13.5. The van der Waals surface area contributed by atoms with Crippen molar-refractivity contribution in [2.24, 2.45) is 5.73 Å². The van der Waals surface area contributed by atoms with Crippen LogP contribution in [0.2, 0.25) is 0 Å². The zero-order chi connectivity index (χ0) is 12.9. The van der Waals surface area contributed by atoms with Gasteiger partial charge < -0.3 is 15.8 Å². The second-order valence-electron chi connectivity index (χ2n) is 4.75. The monoisotopic (exact) mass is 235 g/mol. The zero-order valence-corrected chi connectivity index (χ0v) is 10.5. The largest absolute Gasteiger partial charge is 0.444 e. The molecule has 1 aromatic rings. The molecule has 0 spiro atoms. The summed E-state index contributed by atoms with van der Waals surface area (Å²) in [7, 11) is 0. The number of ether oxygens (including phenoxy) is 1. The summed E-state index contributed by atoms with van der Waals surface area (Å²) < 4.78 is 5.14. The van der Waals surface area contributed by atoms with Gasteiger partial charge in [-0.25, -0.2) is 4.79 Å². The number of hydrogen-bond donors (Lipinski definition) is 2. The van der Waals surface area contributed by atoms with Crippen molar-refractivity contribution < 1.29 is 9.53 Å². The zero-order valence-electron chi connectivity index (χ0n) is 10.5. The lowest BCUT2D eigenvalue weighted by atomic mass is 10.1. The standard InChI is InChI=1S/C13H19N2O2/c1-13(2,3)17-12(16)15-9-11-7-5-4-6-10(11)8-14/h5-7H,8-9,14H2,1-3H3,(H,15,16). The maximum Gasteiger partial charge on any atom is 0.407 e. The molecule has 0 bridgehead atoms. The van der Waals surface area contributed by atoms with Crippen molar-refractivity contribution in [3.63, 3.8) is 0 Å². The van der Waals surface area contributed by atoms with Gasteiger partial charge in [0.25, 0.3) is 0 Å². The van der Waals surface area contributed by atoms with E-state index in [-0.39, 0.29) is 0 Å². The van der Waals surface area contributed by atoms with Gasteiger partial charge in [-0.1, -0.05) is 12.1 Å². The Balaban J connectivity index is 2.53. The van der Waals surface area contributed by atoms with E-state index in [4.69, 9.17) is 10.5 Å². The number of nitrogens with two attached hydrogens (primary N) is 1. The van der Waals surface area contributed by atoms with Crippen molar-refractivity contribution in [2.75, 3.05) is 0 Å². The molecule has 0 aliphatic rings. The lowest BCUT2D eigenvalue weighted by molar-refractivity contribution is 0.0523. The van der Waals surface area contributed by atoms with Gasteiger partial charge in [0.05, 0.1) is 0 Å². The Morgan fingerprint density at radius 1 is 1.47 bits per heavy atom. The Labute approximate surface area is 102 Å². The molecule has 0 fully saturated rings. The number of rotatable bonds is 3. The van der Waals surface area contributed by atoms with Crippen LogP contribution in [0.4, 0.5) is 4.79 Å². The quantitative estimate of drug-likeness (QED) is 0.841. The first-order valence-electron chi connectivity index (χ1n) is 5.57. The SMILES string of the molecule is CC(C)(C)OC(=O)NCc1cc[c]cc1CN. The predicted octanol–water partition coefficient (Wildman–Crippen LogP) is 1.97. The molecule has 3 N–H and O–H groups in total. The van der Waals surface area contributed by atoms with Crippen LogP contribution in [-0.2, 0) is 17.8 Å². The molecule has 0 aromatic heterocycles. The highest BCUT2D eigenvalue weighted by atomic mass is 16.6. The molecule has 4 nitrogen and oxygen atoms in total. The summed E-state index contributed by atoms with van der Waals surface area (Å²) in [5, 5.41) is 2.70. The third-order valence-electron chi connectivity index (χ3n) is 2.09. The van der Waals surface area contributed by atoms with Crippen molar-refractivity contribution in [3.8, 4) is 0 Å². The topological polar surface area (TPSA) is 64.3 Å². The third-order valence-corrected chi connectivity index (χ3v) is 2.09. The Kier molecular flexibility index (Phi) is 4.52. The summed E-state index contributed by atoms with van der Waals surface area (Å²) in [6.07, 6.45) is -0.423. The normalized spacial score (nSPS) is 11.1. The third kappa shape index (κ3) is 4.87. The second kappa shape index (κ2) is 5.68. The van der Waals surface area contributed by atoms with Crippen LogP contribution in [0, 0.1) is 6.07 Å². The molecule has 1 amide bonds. The minimum Gasteiger partial charge on any atom is -0.444 e. The van der Waals surface area contributed by atoms with Gasteiger partial charge in [-0.05, 0) is 44.0 Å². The highest BCUT2D eigenvalue weighted by Gasteiger charge is 2.15. The number of nitrogens with one attached hydrogen (secondary N) is 1. The smallest absolute Gasteiger partial charge is 0.407 e. The van der Waals surface area contributed by atoms with E-state index in [9.17, 15) is 4.79 Å². The molecule has 0 saturated carbocycles. The Hall–Kier alpha value is -1.55. The Morgan fingerprint density at radius 3 is 2.76 bits per heavy atom. The van der Waals surface area contributed by atoms with E-state index in [2.05, 4.69) is 11.4 Å². The first-order chi connectivity index (χ1) is 7.92. The van der Waals surface area contributed by atoms with Crippen LogP contribution in [-0.4, -0.2) is 11.7 Å². The van der Waals surface area contributed by atoms with Crippen LogP contribution in [0.1, 0.15) is 31.9 Å². The molecule has 0 saturated heterocycles. The summed E-state index contributed by atoms with van der Waals surface area (Å²) >= 11 is 0. The van der Waals surface area contributed by atoms with E-state index in [1.807, 2.05) is 32.9 Å². The molecule has 0 aliphatic carbocycles. The number of amides is 1. The van der Waals surface area contributed by atoms with Gasteiger partial charge >= 0.3 is 6.09 Å². The number of carbonyl (C=O) groups excluding carboxylic acids is 1. The van der Waals surface area contributed by atoms with Gasteiger partial charge in [0, 0.05) is 13.1 Å². The van der Waals surface area contributed by atoms with Crippen LogP contribution in [0.25, 0.3) is 0 Å². The highest BCUT2D eigenvalue weighted by Crippen LogP contribution is 2.09. The van der Waals surface area contributed by atoms with Crippen molar-refractivity contribution in [3.05, 3.63) is 35.4 Å². The van der Waals surface area contributed by atoms with Gasteiger partial charge in [0.15, 0.2) is 0 Å². The average molecular weight is 235 g/mol. The van der Waals surface area contributed by atoms with E-state index in [0.717, 1.165) is 11.1 Å². The molecule has 1 radical (unpaired) electrons. The van der Waals surface area contributed by atoms with Gasteiger partial charge in [0.2, 0.25) is 0 Å².